The number of nitrogens with one attached hydrogen (secondary N) is 1. The quantitative estimate of drug-likeness (QED) is 0.363. The lowest BCUT2D eigenvalue weighted by Crippen LogP contribution is -2.26. The smallest absolute Gasteiger partial charge is 0.303 e. The zero-order valence-corrected chi connectivity index (χ0v) is 20.0. The molecule has 2 aromatic carbocycles. The Bertz CT molecular complexity index is 1510. The number of amides is 1. The first-order chi connectivity index (χ1) is 16.9. The van der Waals surface area contributed by atoms with Crippen molar-refractivity contribution >= 4 is 51.4 Å². The van der Waals surface area contributed by atoms with Crippen molar-refractivity contribution in [3.05, 3.63) is 91.9 Å². The van der Waals surface area contributed by atoms with E-state index < -0.39 is 17.9 Å². The van der Waals surface area contributed by atoms with E-state index in [1.807, 2.05) is 47.8 Å². The topological polar surface area (TPSA) is 103 Å². The van der Waals surface area contributed by atoms with Crippen LogP contribution in [0.5, 0.6) is 0 Å². The number of halogens is 1. The second-order valence-electron chi connectivity index (χ2n) is 8.17. The first-order valence-corrected chi connectivity index (χ1v) is 12.2. The summed E-state index contributed by atoms with van der Waals surface area (Å²) in [4.78, 5) is 41.3. The van der Waals surface area contributed by atoms with Gasteiger partial charge in [0.25, 0.3) is 5.56 Å². The van der Waals surface area contributed by atoms with Crippen LogP contribution in [0, 0.1) is 0 Å². The van der Waals surface area contributed by atoms with Crippen LogP contribution in [-0.2, 0) is 9.59 Å². The molecule has 1 atom stereocenters. The zero-order chi connectivity index (χ0) is 24.5. The van der Waals surface area contributed by atoms with Crippen molar-refractivity contribution in [3.8, 4) is 11.1 Å². The van der Waals surface area contributed by atoms with Gasteiger partial charge in [-0.1, -0.05) is 48.0 Å². The van der Waals surface area contributed by atoms with Crippen LogP contribution in [0.15, 0.2) is 75.9 Å². The average molecular weight is 506 g/mol. The van der Waals surface area contributed by atoms with E-state index in [-0.39, 0.29) is 18.4 Å². The number of carboxylic acids is 1. The molecule has 0 aliphatic carbocycles. The van der Waals surface area contributed by atoms with Gasteiger partial charge in [-0.15, -0.1) is 11.3 Å². The van der Waals surface area contributed by atoms with E-state index in [4.69, 9.17) is 16.7 Å². The molecule has 4 aromatic rings. The number of carboxylic acid groups (broad SMARTS) is 1. The van der Waals surface area contributed by atoms with Gasteiger partial charge in [0.15, 0.2) is 0 Å². The number of fused-ring (bicyclic) bond motifs is 1. The van der Waals surface area contributed by atoms with Crippen molar-refractivity contribution in [3.63, 3.8) is 0 Å². The molecule has 0 bridgehead atoms. The molecule has 0 unspecified atom stereocenters. The summed E-state index contributed by atoms with van der Waals surface area (Å²) in [5.74, 6) is -1.45. The summed E-state index contributed by atoms with van der Waals surface area (Å²) in [5.41, 5.74) is 2.68. The Morgan fingerprint density at radius 1 is 1.09 bits per heavy atom. The molecule has 2 N–H and O–H groups in total. The summed E-state index contributed by atoms with van der Waals surface area (Å²) in [7, 11) is 0. The summed E-state index contributed by atoms with van der Waals surface area (Å²) >= 11 is 7.81. The molecule has 2 aromatic heterocycles. The van der Waals surface area contributed by atoms with Gasteiger partial charge in [-0.25, -0.2) is 5.01 Å². The number of benzene rings is 2. The first kappa shape index (κ1) is 23.0. The Kier molecular flexibility index (Phi) is 6.23. The zero-order valence-electron chi connectivity index (χ0n) is 18.4. The van der Waals surface area contributed by atoms with Crippen LogP contribution in [0.3, 0.4) is 0 Å². The number of aromatic nitrogens is 1. The molecule has 0 spiro atoms. The van der Waals surface area contributed by atoms with E-state index in [1.165, 1.54) is 16.3 Å². The molecule has 7 nitrogen and oxygen atoms in total. The lowest BCUT2D eigenvalue weighted by atomic mass is 9.92. The fourth-order valence-electron chi connectivity index (χ4n) is 4.37. The fraction of sp³-hybridized carbons (Fsp3) is 0.154. The number of carbonyl (C=O) groups excluding carboxylic acids is 1. The SMILES string of the molecule is O=C(O)CCC(=O)N1N=C(c2c(-c3ccccc3)c3cc(Cl)ccc3[nH]c2=O)C[C@@H]1c1cccs1. The van der Waals surface area contributed by atoms with Crippen LogP contribution in [0.2, 0.25) is 5.02 Å². The number of hydrazone groups is 1. The lowest BCUT2D eigenvalue weighted by molar-refractivity contribution is -0.141. The number of pyridine rings is 1. The predicted molar refractivity (Wildman–Crippen MR) is 137 cm³/mol. The Morgan fingerprint density at radius 2 is 1.89 bits per heavy atom. The summed E-state index contributed by atoms with van der Waals surface area (Å²) in [6.45, 7) is 0. The highest BCUT2D eigenvalue weighted by Gasteiger charge is 2.35. The summed E-state index contributed by atoms with van der Waals surface area (Å²) < 4.78 is 0. The number of H-pyrrole nitrogens is 1. The number of carbonyl (C=O) groups is 2. The maximum atomic E-state index is 13.4. The maximum Gasteiger partial charge on any atom is 0.303 e. The standard InChI is InChI=1S/C26H20ClN3O4S/c27-16-8-9-18-17(13-16)24(15-5-2-1-3-6-15)25(26(34)28-18)19-14-20(21-7-4-12-35-21)30(29-19)22(31)10-11-23(32)33/h1-9,12-13,20H,10-11,14H2,(H,28,34)(H,32,33)/t20-/m1/s1. The van der Waals surface area contributed by atoms with Crippen LogP contribution < -0.4 is 5.56 Å². The van der Waals surface area contributed by atoms with E-state index in [2.05, 4.69) is 10.1 Å². The molecule has 9 heteroatoms. The monoisotopic (exact) mass is 505 g/mol. The number of aliphatic carboxylic acids is 1. The van der Waals surface area contributed by atoms with Crippen molar-refractivity contribution < 1.29 is 14.7 Å². The van der Waals surface area contributed by atoms with Gasteiger partial charge in [0.05, 0.1) is 23.7 Å². The number of rotatable bonds is 6. The van der Waals surface area contributed by atoms with E-state index in [0.29, 0.717) is 33.8 Å². The fourth-order valence-corrected chi connectivity index (χ4v) is 5.35. The summed E-state index contributed by atoms with van der Waals surface area (Å²) in [6.07, 6.45) is -0.140. The highest BCUT2D eigenvalue weighted by atomic mass is 35.5. The molecule has 1 amide bonds. The molecule has 3 heterocycles. The van der Waals surface area contributed by atoms with Crippen molar-refractivity contribution in [1.82, 2.24) is 9.99 Å². The van der Waals surface area contributed by atoms with E-state index >= 15 is 0 Å². The number of thiophene rings is 1. The third kappa shape index (κ3) is 4.50. The number of aromatic amines is 1. The number of hydrogen-bond donors (Lipinski definition) is 2. The summed E-state index contributed by atoms with van der Waals surface area (Å²) in [5, 5.41) is 18.2. The van der Waals surface area contributed by atoms with Gasteiger partial charge in [0.2, 0.25) is 5.91 Å². The van der Waals surface area contributed by atoms with E-state index in [0.717, 1.165) is 15.8 Å². The molecule has 1 aliphatic heterocycles. The molecule has 35 heavy (non-hydrogen) atoms. The third-order valence-corrected chi connectivity index (χ3v) is 7.13. The highest BCUT2D eigenvalue weighted by molar-refractivity contribution is 7.10. The predicted octanol–water partition coefficient (Wildman–Crippen LogP) is 5.45. The van der Waals surface area contributed by atoms with Gasteiger partial charge in [-0.3, -0.25) is 14.4 Å². The van der Waals surface area contributed by atoms with Gasteiger partial charge in [0.1, 0.15) is 0 Å². The minimum Gasteiger partial charge on any atom is -0.481 e. The Balaban J connectivity index is 1.70. The highest BCUT2D eigenvalue weighted by Crippen LogP contribution is 2.38. The molecular weight excluding hydrogens is 486 g/mol. The van der Waals surface area contributed by atoms with Crippen LogP contribution in [0.1, 0.15) is 35.7 Å². The Morgan fingerprint density at radius 3 is 2.60 bits per heavy atom. The van der Waals surface area contributed by atoms with Gasteiger partial charge in [-0.05, 0) is 35.2 Å². The third-order valence-electron chi connectivity index (χ3n) is 5.92. The Hall–Kier alpha value is -3.75. The molecule has 0 saturated heterocycles. The van der Waals surface area contributed by atoms with Crippen molar-refractivity contribution in [2.24, 2.45) is 5.10 Å². The van der Waals surface area contributed by atoms with E-state index in [1.54, 1.807) is 18.2 Å². The van der Waals surface area contributed by atoms with Crippen LogP contribution in [0.4, 0.5) is 0 Å². The maximum absolute atomic E-state index is 13.4. The molecule has 0 radical (unpaired) electrons. The minimum atomic E-state index is -1.05. The average Bonchev–Trinajstić information content (AvgIpc) is 3.53. The van der Waals surface area contributed by atoms with Gasteiger partial charge in [0, 0.05) is 39.2 Å². The van der Waals surface area contributed by atoms with E-state index in [9.17, 15) is 14.4 Å². The second kappa shape index (κ2) is 9.48. The van der Waals surface area contributed by atoms with Crippen LogP contribution in [0.25, 0.3) is 22.0 Å². The number of hydrogen-bond acceptors (Lipinski definition) is 5. The van der Waals surface area contributed by atoms with Crippen molar-refractivity contribution in [2.45, 2.75) is 25.3 Å². The normalized spacial score (nSPS) is 15.4. The first-order valence-electron chi connectivity index (χ1n) is 11.0. The molecule has 176 valence electrons. The molecule has 0 saturated carbocycles. The summed E-state index contributed by atoms with van der Waals surface area (Å²) in [6, 6.07) is 18.2. The molecule has 5 rings (SSSR count). The van der Waals surface area contributed by atoms with Crippen LogP contribution >= 0.6 is 22.9 Å². The van der Waals surface area contributed by atoms with Gasteiger partial charge < -0.3 is 10.1 Å². The minimum absolute atomic E-state index is 0.177. The van der Waals surface area contributed by atoms with Gasteiger partial charge >= 0.3 is 5.97 Å². The van der Waals surface area contributed by atoms with Gasteiger partial charge in [-0.2, -0.15) is 5.10 Å². The molecule has 1 aliphatic rings. The van der Waals surface area contributed by atoms with Crippen molar-refractivity contribution in [2.75, 3.05) is 0 Å². The Labute approximate surface area is 209 Å². The van der Waals surface area contributed by atoms with Crippen LogP contribution in [-0.4, -0.2) is 32.7 Å². The van der Waals surface area contributed by atoms with Crippen molar-refractivity contribution in [1.29, 1.82) is 0 Å². The second-order valence-corrected chi connectivity index (χ2v) is 9.59. The number of nitrogens with zero attached hydrogens (tertiary/aromatic N) is 2. The molecular formula is C26H20ClN3O4S. The largest absolute Gasteiger partial charge is 0.481 e. The molecule has 0 fully saturated rings. The lowest BCUT2D eigenvalue weighted by Gasteiger charge is -2.20.